The predicted octanol–water partition coefficient (Wildman–Crippen LogP) is 2.01. The fourth-order valence-corrected chi connectivity index (χ4v) is 5.74. The normalized spacial score (nSPS) is 32.0. The smallest absolute Gasteiger partial charge is 0.0437 e. The summed E-state index contributed by atoms with van der Waals surface area (Å²) in [6, 6.07) is 1.45. The van der Waals surface area contributed by atoms with Crippen LogP contribution in [0.4, 0.5) is 0 Å². The van der Waals surface area contributed by atoms with E-state index >= 15 is 0 Å². The highest BCUT2D eigenvalue weighted by atomic mass is 15.3. The molecule has 1 unspecified atom stereocenters. The van der Waals surface area contributed by atoms with Crippen LogP contribution in [0.2, 0.25) is 0 Å². The Morgan fingerprint density at radius 2 is 1.67 bits per heavy atom. The highest BCUT2D eigenvalue weighted by Crippen LogP contribution is 2.40. The Bertz CT molecular complexity index is 429. The van der Waals surface area contributed by atoms with Crippen LogP contribution in [0.1, 0.15) is 52.9 Å². The minimum absolute atomic E-state index is 0.487. The summed E-state index contributed by atoms with van der Waals surface area (Å²) in [6.45, 7) is 17.6. The van der Waals surface area contributed by atoms with Crippen molar-refractivity contribution in [3.8, 4) is 0 Å². The van der Waals surface area contributed by atoms with Gasteiger partial charge in [-0.25, -0.2) is 0 Å². The fraction of sp³-hybridized carbons (Fsp3) is 1.00. The zero-order valence-corrected chi connectivity index (χ0v) is 16.2. The third kappa shape index (κ3) is 3.27. The minimum atomic E-state index is 0.487. The molecule has 4 heteroatoms. The van der Waals surface area contributed by atoms with Gasteiger partial charge < -0.3 is 10.2 Å². The summed E-state index contributed by atoms with van der Waals surface area (Å²) in [5.41, 5.74) is 1.12. The van der Waals surface area contributed by atoms with Crippen molar-refractivity contribution in [1.29, 1.82) is 0 Å². The summed E-state index contributed by atoms with van der Waals surface area (Å²) in [4.78, 5) is 8.16. The van der Waals surface area contributed by atoms with Gasteiger partial charge in [0, 0.05) is 62.3 Å². The van der Waals surface area contributed by atoms with Gasteiger partial charge in [0.15, 0.2) is 0 Å². The lowest BCUT2D eigenvalue weighted by molar-refractivity contribution is -0.0785. The monoisotopic (exact) mass is 334 g/mol. The molecule has 0 bridgehead atoms. The van der Waals surface area contributed by atoms with Crippen LogP contribution < -0.4 is 5.32 Å². The fourth-order valence-electron chi connectivity index (χ4n) is 5.74. The van der Waals surface area contributed by atoms with Crippen LogP contribution in [0, 0.1) is 5.41 Å². The SMILES string of the molecule is CC(C)N1CC2(CCCN(CC(C)N3CC4(CCCCN4)C3)C2)C1. The predicted molar refractivity (Wildman–Crippen MR) is 100 cm³/mol. The van der Waals surface area contributed by atoms with E-state index in [2.05, 4.69) is 40.8 Å². The summed E-state index contributed by atoms with van der Waals surface area (Å²) in [7, 11) is 0. The molecule has 0 aromatic heterocycles. The second kappa shape index (κ2) is 6.53. The Kier molecular flexibility index (Phi) is 4.70. The van der Waals surface area contributed by atoms with E-state index in [0.717, 1.165) is 12.1 Å². The number of likely N-dealkylation sites (tertiary alicyclic amines) is 3. The third-order valence-corrected chi connectivity index (χ3v) is 7.29. The first-order valence-electron chi connectivity index (χ1n) is 10.4. The minimum Gasteiger partial charge on any atom is -0.309 e. The summed E-state index contributed by atoms with van der Waals surface area (Å²) in [5.74, 6) is 0. The van der Waals surface area contributed by atoms with Crippen LogP contribution in [0.5, 0.6) is 0 Å². The van der Waals surface area contributed by atoms with Gasteiger partial charge in [-0.2, -0.15) is 0 Å². The van der Waals surface area contributed by atoms with E-state index in [4.69, 9.17) is 0 Å². The molecule has 0 aromatic carbocycles. The van der Waals surface area contributed by atoms with Gasteiger partial charge in [-0.15, -0.1) is 0 Å². The van der Waals surface area contributed by atoms with Gasteiger partial charge in [0.25, 0.3) is 0 Å². The first kappa shape index (κ1) is 17.3. The number of nitrogens with one attached hydrogen (secondary N) is 1. The highest BCUT2D eigenvalue weighted by molar-refractivity contribution is 5.06. The molecule has 0 radical (unpaired) electrons. The quantitative estimate of drug-likeness (QED) is 0.849. The molecule has 0 aromatic rings. The molecular weight excluding hydrogens is 296 g/mol. The van der Waals surface area contributed by atoms with E-state index in [9.17, 15) is 0 Å². The summed E-state index contributed by atoms with van der Waals surface area (Å²) < 4.78 is 0. The Morgan fingerprint density at radius 1 is 0.875 bits per heavy atom. The number of nitrogens with zero attached hydrogens (tertiary/aromatic N) is 3. The molecule has 4 aliphatic rings. The van der Waals surface area contributed by atoms with Crippen LogP contribution in [0.25, 0.3) is 0 Å². The zero-order chi connectivity index (χ0) is 16.8. The molecule has 0 saturated carbocycles. The van der Waals surface area contributed by atoms with Crippen molar-refractivity contribution in [1.82, 2.24) is 20.0 Å². The summed E-state index contributed by atoms with van der Waals surface area (Å²) >= 11 is 0. The van der Waals surface area contributed by atoms with Crippen LogP contribution >= 0.6 is 0 Å². The van der Waals surface area contributed by atoms with Gasteiger partial charge in [-0.3, -0.25) is 9.80 Å². The van der Waals surface area contributed by atoms with Gasteiger partial charge in [0.05, 0.1) is 0 Å². The lowest BCUT2D eigenvalue weighted by Gasteiger charge is -2.58. The molecule has 4 fully saturated rings. The standard InChI is InChI=1S/C20H38N4/c1-17(2)23-13-19(14-23)7-6-10-22(12-19)11-18(3)24-15-20(16-24)8-4-5-9-21-20/h17-18,21H,4-16H2,1-3H3. The molecular formula is C20H38N4. The number of piperidine rings is 2. The maximum Gasteiger partial charge on any atom is 0.0437 e. The Balaban J connectivity index is 1.24. The first-order chi connectivity index (χ1) is 11.5. The van der Waals surface area contributed by atoms with E-state index in [-0.39, 0.29) is 0 Å². The zero-order valence-electron chi connectivity index (χ0n) is 16.2. The van der Waals surface area contributed by atoms with E-state index in [0.29, 0.717) is 11.0 Å². The molecule has 0 amide bonds. The van der Waals surface area contributed by atoms with Crippen LogP contribution in [0.15, 0.2) is 0 Å². The maximum atomic E-state index is 3.81. The molecule has 4 nitrogen and oxygen atoms in total. The Labute approximate surface area is 148 Å². The van der Waals surface area contributed by atoms with Gasteiger partial charge in [-0.1, -0.05) is 6.42 Å². The Morgan fingerprint density at radius 3 is 2.33 bits per heavy atom. The number of rotatable bonds is 4. The lowest BCUT2D eigenvalue weighted by atomic mass is 9.72. The van der Waals surface area contributed by atoms with E-state index in [1.54, 1.807) is 0 Å². The van der Waals surface area contributed by atoms with Crippen LogP contribution in [-0.4, -0.2) is 84.7 Å². The maximum absolute atomic E-state index is 3.81. The van der Waals surface area contributed by atoms with Crippen molar-refractivity contribution >= 4 is 0 Å². The molecule has 4 heterocycles. The molecule has 0 aliphatic carbocycles. The molecule has 2 spiro atoms. The van der Waals surface area contributed by atoms with Crippen molar-refractivity contribution in [3.05, 3.63) is 0 Å². The van der Waals surface area contributed by atoms with Crippen molar-refractivity contribution in [2.75, 3.05) is 52.4 Å². The molecule has 4 rings (SSSR count). The summed E-state index contributed by atoms with van der Waals surface area (Å²) in [6.07, 6.45) is 7.06. The largest absolute Gasteiger partial charge is 0.309 e. The van der Waals surface area contributed by atoms with Gasteiger partial charge >= 0.3 is 0 Å². The molecule has 1 N–H and O–H groups in total. The van der Waals surface area contributed by atoms with Crippen molar-refractivity contribution in [3.63, 3.8) is 0 Å². The van der Waals surface area contributed by atoms with E-state index < -0.39 is 0 Å². The van der Waals surface area contributed by atoms with Gasteiger partial charge in [0.1, 0.15) is 0 Å². The second-order valence-electron chi connectivity index (χ2n) is 9.76. The highest BCUT2D eigenvalue weighted by Gasteiger charge is 2.48. The molecule has 1 atom stereocenters. The van der Waals surface area contributed by atoms with Crippen LogP contribution in [-0.2, 0) is 0 Å². The molecule has 4 aliphatic heterocycles. The van der Waals surface area contributed by atoms with Crippen molar-refractivity contribution in [2.24, 2.45) is 5.41 Å². The molecule has 138 valence electrons. The molecule has 24 heavy (non-hydrogen) atoms. The summed E-state index contributed by atoms with van der Waals surface area (Å²) in [5, 5.41) is 3.81. The van der Waals surface area contributed by atoms with Crippen molar-refractivity contribution < 1.29 is 0 Å². The van der Waals surface area contributed by atoms with Gasteiger partial charge in [-0.05, 0) is 59.5 Å². The topological polar surface area (TPSA) is 21.8 Å². The molecule has 4 saturated heterocycles. The second-order valence-corrected chi connectivity index (χ2v) is 9.76. The number of hydrogen-bond donors (Lipinski definition) is 1. The van der Waals surface area contributed by atoms with Crippen LogP contribution in [0.3, 0.4) is 0 Å². The lowest BCUT2D eigenvalue weighted by Crippen LogP contribution is -2.73. The average molecular weight is 335 g/mol. The van der Waals surface area contributed by atoms with E-state index in [1.165, 1.54) is 84.5 Å². The average Bonchev–Trinajstić information content (AvgIpc) is 2.51. The third-order valence-electron chi connectivity index (χ3n) is 7.29. The van der Waals surface area contributed by atoms with Crippen molar-refractivity contribution in [2.45, 2.75) is 70.5 Å². The number of hydrogen-bond acceptors (Lipinski definition) is 4. The van der Waals surface area contributed by atoms with Gasteiger partial charge in [0.2, 0.25) is 0 Å². The van der Waals surface area contributed by atoms with E-state index in [1.807, 2.05) is 0 Å². The first-order valence-corrected chi connectivity index (χ1v) is 10.4. The Hall–Kier alpha value is -0.160.